The lowest BCUT2D eigenvalue weighted by Gasteiger charge is -2.33. The highest BCUT2D eigenvalue weighted by Crippen LogP contribution is 2.40. The highest BCUT2D eigenvalue weighted by Gasteiger charge is 2.30. The molecule has 1 saturated carbocycles. The van der Waals surface area contributed by atoms with E-state index in [1.165, 1.54) is 24.0 Å². The minimum Gasteiger partial charge on any atom is -0.217 e. The quantitative estimate of drug-likeness (QED) is 0.776. The first-order valence-corrected chi connectivity index (χ1v) is 6.81. The molecule has 2 aliphatic rings. The van der Waals surface area contributed by atoms with Crippen LogP contribution in [0.2, 0.25) is 0 Å². The lowest BCUT2D eigenvalue weighted by molar-refractivity contribution is -1.09. The summed E-state index contributed by atoms with van der Waals surface area (Å²) in [5.74, 6) is 1.51. The zero-order valence-electron chi connectivity index (χ0n) is 10.6. The Hall–Kier alpha value is -0.860. The third kappa shape index (κ3) is 2.53. The number of hydrogen-bond donors (Lipinski definition) is 1. The van der Waals surface area contributed by atoms with Crippen LogP contribution in [-0.2, 0) is 0 Å². The Bertz CT molecular complexity index is 382. The minimum absolute atomic E-state index is 0.205. The van der Waals surface area contributed by atoms with Gasteiger partial charge in [0.1, 0.15) is 13.1 Å². The Labute approximate surface area is 103 Å². The fraction of sp³-hybridized carbons (Fsp3) is 0.600. The molecule has 2 heteroatoms. The van der Waals surface area contributed by atoms with Gasteiger partial charge in [-0.3, -0.25) is 0 Å². The SMILES string of the molecule is C[N+]1(O)CCC(c2ccc(C3CC3)cc2)CC1. The summed E-state index contributed by atoms with van der Waals surface area (Å²) in [6.07, 6.45) is 4.97. The van der Waals surface area contributed by atoms with E-state index in [0.29, 0.717) is 5.92 Å². The third-order valence-electron chi connectivity index (χ3n) is 4.38. The van der Waals surface area contributed by atoms with Crippen molar-refractivity contribution in [3.63, 3.8) is 0 Å². The lowest BCUT2D eigenvalue weighted by Crippen LogP contribution is -2.46. The molecule has 17 heavy (non-hydrogen) atoms. The summed E-state index contributed by atoms with van der Waals surface area (Å²) in [4.78, 5) is 0. The average molecular weight is 232 g/mol. The van der Waals surface area contributed by atoms with E-state index < -0.39 is 0 Å². The van der Waals surface area contributed by atoms with Gasteiger partial charge in [-0.1, -0.05) is 24.3 Å². The van der Waals surface area contributed by atoms with E-state index in [0.717, 1.165) is 31.8 Å². The van der Waals surface area contributed by atoms with Crippen molar-refractivity contribution in [2.75, 3.05) is 20.1 Å². The molecule has 1 aromatic carbocycles. The Morgan fingerprint density at radius 1 is 0.882 bits per heavy atom. The Kier molecular flexibility index (Phi) is 2.72. The molecule has 0 atom stereocenters. The zero-order chi connectivity index (χ0) is 11.9. The molecule has 1 N–H and O–H groups in total. The van der Waals surface area contributed by atoms with Gasteiger partial charge in [0.15, 0.2) is 0 Å². The number of piperidine rings is 1. The van der Waals surface area contributed by atoms with Gasteiger partial charge in [-0.15, -0.1) is 0 Å². The van der Waals surface area contributed by atoms with Crippen molar-refractivity contribution in [1.29, 1.82) is 0 Å². The number of benzene rings is 1. The third-order valence-corrected chi connectivity index (χ3v) is 4.38. The maximum Gasteiger partial charge on any atom is 0.109 e. The summed E-state index contributed by atoms with van der Waals surface area (Å²) in [7, 11) is 1.91. The van der Waals surface area contributed by atoms with Gasteiger partial charge in [0.25, 0.3) is 0 Å². The molecular formula is C15H22NO+. The van der Waals surface area contributed by atoms with Crippen LogP contribution in [0.4, 0.5) is 0 Å². The maximum atomic E-state index is 9.90. The molecule has 1 saturated heterocycles. The fourth-order valence-electron chi connectivity index (χ4n) is 2.91. The monoisotopic (exact) mass is 232 g/mol. The first-order valence-electron chi connectivity index (χ1n) is 6.81. The van der Waals surface area contributed by atoms with E-state index in [2.05, 4.69) is 24.3 Å². The fourth-order valence-corrected chi connectivity index (χ4v) is 2.91. The molecule has 2 fully saturated rings. The normalized spacial score (nSPS) is 33.6. The van der Waals surface area contributed by atoms with Crippen LogP contribution in [0.15, 0.2) is 24.3 Å². The van der Waals surface area contributed by atoms with Crippen LogP contribution >= 0.6 is 0 Å². The Balaban J connectivity index is 1.68. The smallest absolute Gasteiger partial charge is 0.109 e. The first-order chi connectivity index (χ1) is 8.14. The van der Waals surface area contributed by atoms with Crippen LogP contribution in [0.1, 0.15) is 48.6 Å². The molecule has 0 radical (unpaired) electrons. The van der Waals surface area contributed by atoms with Crippen molar-refractivity contribution in [3.8, 4) is 0 Å². The second-order valence-corrected chi connectivity index (χ2v) is 6.00. The van der Waals surface area contributed by atoms with Gasteiger partial charge in [-0.05, 0) is 35.8 Å². The summed E-state index contributed by atoms with van der Waals surface area (Å²) in [6, 6.07) is 9.25. The number of hydroxylamine groups is 3. The molecule has 0 aromatic heterocycles. The highest BCUT2D eigenvalue weighted by atomic mass is 16.5. The van der Waals surface area contributed by atoms with E-state index in [4.69, 9.17) is 0 Å². The number of quaternary nitrogens is 1. The van der Waals surface area contributed by atoms with E-state index in [-0.39, 0.29) is 4.65 Å². The second kappa shape index (κ2) is 4.11. The van der Waals surface area contributed by atoms with E-state index in [1.807, 2.05) is 7.05 Å². The summed E-state index contributed by atoms with van der Waals surface area (Å²) >= 11 is 0. The molecule has 0 unspecified atom stereocenters. The molecule has 0 spiro atoms. The standard InChI is InChI=1S/C15H22NO/c1-16(17)10-8-15(9-11-16)14-6-4-13(5-7-14)12-2-3-12/h4-7,12,15,17H,2-3,8-11H2,1H3/q+1. The van der Waals surface area contributed by atoms with Crippen molar-refractivity contribution in [3.05, 3.63) is 35.4 Å². The highest BCUT2D eigenvalue weighted by molar-refractivity contribution is 5.30. The Morgan fingerprint density at radius 2 is 1.29 bits per heavy atom. The number of likely N-dealkylation sites (tertiary alicyclic amines) is 1. The van der Waals surface area contributed by atoms with Crippen LogP contribution in [0, 0.1) is 0 Å². The van der Waals surface area contributed by atoms with E-state index >= 15 is 0 Å². The van der Waals surface area contributed by atoms with E-state index in [1.54, 1.807) is 0 Å². The van der Waals surface area contributed by atoms with Gasteiger partial charge < -0.3 is 0 Å². The average Bonchev–Trinajstić information content (AvgIpc) is 3.13. The van der Waals surface area contributed by atoms with Crippen LogP contribution in [0.3, 0.4) is 0 Å². The molecule has 2 nitrogen and oxygen atoms in total. The maximum absolute atomic E-state index is 9.90. The predicted molar refractivity (Wildman–Crippen MR) is 68.1 cm³/mol. The van der Waals surface area contributed by atoms with E-state index in [9.17, 15) is 5.21 Å². The summed E-state index contributed by atoms with van der Waals surface area (Å²) in [6.45, 7) is 1.77. The zero-order valence-corrected chi connectivity index (χ0v) is 10.6. The van der Waals surface area contributed by atoms with Crippen molar-refractivity contribution in [2.45, 2.75) is 37.5 Å². The molecule has 0 amide bonds. The largest absolute Gasteiger partial charge is 0.217 e. The van der Waals surface area contributed by atoms with Crippen LogP contribution in [-0.4, -0.2) is 30.0 Å². The summed E-state index contributed by atoms with van der Waals surface area (Å²) < 4.78 is 0.205. The van der Waals surface area contributed by atoms with Gasteiger partial charge in [0.2, 0.25) is 0 Å². The second-order valence-electron chi connectivity index (χ2n) is 6.00. The van der Waals surface area contributed by atoms with Gasteiger partial charge in [0.05, 0.1) is 7.05 Å². The van der Waals surface area contributed by atoms with Gasteiger partial charge in [-0.25, -0.2) is 5.21 Å². The molecule has 1 aliphatic heterocycles. The molecule has 1 heterocycles. The van der Waals surface area contributed by atoms with Gasteiger partial charge >= 0.3 is 0 Å². The number of rotatable bonds is 2. The van der Waals surface area contributed by atoms with Crippen LogP contribution < -0.4 is 0 Å². The molecule has 1 aromatic rings. The van der Waals surface area contributed by atoms with Crippen LogP contribution in [0.5, 0.6) is 0 Å². The molecule has 1 aliphatic carbocycles. The van der Waals surface area contributed by atoms with Crippen molar-refractivity contribution >= 4 is 0 Å². The van der Waals surface area contributed by atoms with Gasteiger partial charge in [0, 0.05) is 12.8 Å². The van der Waals surface area contributed by atoms with Crippen molar-refractivity contribution in [2.24, 2.45) is 0 Å². The molecule has 3 rings (SSSR count). The summed E-state index contributed by atoms with van der Waals surface area (Å²) in [5.41, 5.74) is 2.99. The molecular weight excluding hydrogens is 210 g/mol. The summed E-state index contributed by atoms with van der Waals surface area (Å²) in [5, 5.41) is 9.90. The van der Waals surface area contributed by atoms with Crippen molar-refractivity contribution in [1.82, 2.24) is 0 Å². The minimum atomic E-state index is 0.205. The number of hydrogen-bond acceptors (Lipinski definition) is 1. The first kappa shape index (κ1) is 11.2. The topological polar surface area (TPSA) is 20.2 Å². The van der Waals surface area contributed by atoms with Crippen molar-refractivity contribution < 1.29 is 9.85 Å². The predicted octanol–water partition coefficient (Wildman–Crippen LogP) is 3.28. The number of nitrogens with zero attached hydrogens (tertiary/aromatic N) is 1. The lowest BCUT2D eigenvalue weighted by atomic mass is 9.88. The molecule has 0 bridgehead atoms. The Morgan fingerprint density at radius 3 is 1.71 bits per heavy atom. The van der Waals surface area contributed by atoms with Gasteiger partial charge in [-0.2, -0.15) is 4.65 Å². The molecule has 92 valence electrons. The van der Waals surface area contributed by atoms with Crippen LogP contribution in [0.25, 0.3) is 0 Å².